The second-order valence-electron chi connectivity index (χ2n) is 9.95. The van der Waals surface area contributed by atoms with E-state index in [1.807, 2.05) is 30.3 Å². The molecule has 39 heavy (non-hydrogen) atoms. The molecule has 214 valence electrons. The summed E-state index contributed by atoms with van der Waals surface area (Å²) in [5.41, 5.74) is 12.8. The van der Waals surface area contributed by atoms with Crippen LogP contribution >= 0.6 is 0 Å². The summed E-state index contributed by atoms with van der Waals surface area (Å²) in [5, 5.41) is 23.2. The van der Waals surface area contributed by atoms with Gasteiger partial charge in [0.15, 0.2) is 5.96 Å². The molecular formula is C31H46N5O3-. The molecular weight excluding hydrogens is 490 g/mol. The lowest BCUT2D eigenvalue weighted by Gasteiger charge is -2.28. The van der Waals surface area contributed by atoms with E-state index < -0.39 is 5.97 Å². The zero-order valence-corrected chi connectivity index (χ0v) is 23.0. The number of carboxylic acids is 1. The number of aliphatic hydroxyl groups is 1. The van der Waals surface area contributed by atoms with Crippen LogP contribution < -0.4 is 11.5 Å². The molecule has 0 saturated carbocycles. The van der Waals surface area contributed by atoms with Crippen molar-refractivity contribution in [2.45, 2.75) is 76.7 Å². The highest BCUT2D eigenvalue weighted by Crippen LogP contribution is 2.30. The number of hydrogen-bond acceptors (Lipinski definition) is 3. The van der Waals surface area contributed by atoms with E-state index in [1.54, 1.807) is 6.20 Å². The van der Waals surface area contributed by atoms with Crippen LogP contribution in [0.5, 0.6) is 0 Å². The van der Waals surface area contributed by atoms with Crippen LogP contribution in [0.25, 0.3) is 11.4 Å². The van der Waals surface area contributed by atoms with E-state index in [2.05, 4.69) is 34.3 Å². The van der Waals surface area contributed by atoms with E-state index in [0.717, 1.165) is 37.7 Å². The first-order valence-corrected chi connectivity index (χ1v) is 14.1. The zero-order chi connectivity index (χ0) is 28.1. The maximum atomic E-state index is 11.6. The topological polar surface area (TPSA) is 152 Å². The number of hydrogen-bond donors (Lipinski definition) is 5. The normalized spacial score (nSPS) is 13.3. The summed E-state index contributed by atoms with van der Waals surface area (Å²) in [7, 11) is 0. The van der Waals surface area contributed by atoms with Crippen LogP contribution in [0.1, 0.15) is 76.2 Å². The largest absolute Gasteiger partial charge is 0.478 e. The van der Waals surface area contributed by atoms with Crippen molar-refractivity contribution in [2.75, 3.05) is 13.2 Å². The highest BCUT2D eigenvalue weighted by molar-refractivity contribution is 5.81. The minimum atomic E-state index is -1.04. The number of allylic oxidation sites excluding steroid dienone is 1. The second kappa shape index (κ2) is 19.5. The van der Waals surface area contributed by atoms with Crippen molar-refractivity contribution in [2.24, 2.45) is 22.4 Å². The average molecular weight is 537 g/mol. The van der Waals surface area contributed by atoms with Crippen LogP contribution in [0.4, 0.5) is 5.82 Å². The van der Waals surface area contributed by atoms with Gasteiger partial charge in [-0.2, -0.15) is 0 Å². The van der Waals surface area contributed by atoms with Crippen LogP contribution in [0.2, 0.25) is 0 Å². The number of aromatic nitrogens is 1. The van der Waals surface area contributed by atoms with E-state index >= 15 is 0 Å². The SMILES string of the molecule is NC(N)=NCC(=CC(=O)O)C(CCC(C=Cc1ccccc1)CCCCCCCCCCO)[N-]c1ccc[nH]1. The van der Waals surface area contributed by atoms with Gasteiger partial charge in [0, 0.05) is 12.7 Å². The summed E-state index contributed by atoms with van der Waals surface area (Å²) in [6, 6.07) is 13.6. The Morgan fingerprint density at radius 3 is 2.23 bits per heavy atom. The van der Waals surface area contributed by atoms with Crippen molar-refractivity contribution < 1.29 is 15.0 Å². The predicted octanol–water partition coefficient (Wildman–Crippen LogP) is 6.29. The third kappa shape index (κ3) is 14.9. The van der Waals surface area contributed by atoms with Gasteiger partial charge in [0.05, 0.1) is 6.54 Å². The molecule has 7 N–H and O–H groups in total. The van der Waals surface area contributed by atoms with Crippen LogP contribution in [0.3, 0.4) is 0 Å². The maximum absolute atomic E-state index is 11.6. The fourth-order valence-electron chi connectivity index (χ4n) is 4.59. The van der Waals surface area contributed by atoms with Crippen molar-refractivity contribution in [3.8, 4) is 0 Å². The van der Waals surface area contributed by atoms with Gasteiger partial charge in [-0.25, -0.2) is 9.79 Å². The van der Waals surface area contributed by atoms with Gasteiger partial charge >= 0.3 is 5.97 Å². The zero-order valence-electron chi connectivity index (χ0n) is 23.0. The van der Waals surface area contributed by atoms with Gasteiger partial charge in [-0.1, -0.05) is 112 Å². The van der Waals surface area contributed by atoms with Crippen molar-refractivity contribution >= 4 is 23.8 Å². The number of carbonyl (C=O) groups is 1. The number of rotatable bonds is 21. The number of nitrogens with zero attached hydrogens (tertiary/aromatic N) is 2. The molecule has 8 heteroatoms. The Morgan fingerprint density at radius 2 is 1.62 bits per heavy atom. The summed E-state index contributed by atoms with van der Waals surface area (Å²) in [6.45, 7) is 0.380. The Balaban J connectivity index is 2.06. The number of guanidine groups is 1. The molecule has 1 aromatic carbocycles. The van der Waals surface area contributed by atoms with E-state index in [9.17, 15) is 9.90 Å². The van der Waals surface area contributed by atoms with E-state index in [4.69, 9.17) is 21.9 Å². The van der Waals surface area contributed by atoms with Crippen molar-refractivity contribution in [1.82, 2.24) is 4.98 Å². The molecule has 0 spiro atoms. The molecule has 0 saturated heterocycles. The smallest absolute Gasteiger partial charge is 0.328 e. The molecule has 0 radical (unpaired) electrons. The number of unbranched alkanes of at least 4 members (excludes halogenated alkanes) is 7. The highest BCUT2D eigenvalue weighted by atomic mass is 16.4. The molecule has 0 fully saturated rings. The first kappa shape index (κ1) is 31.7. The number of aliphatic hydroxyl groups excluding tert-OH is 1. The minimum Gasteiger partial charge on any atom is -0.478 e. The predicted molar refractivity (Wildman–Crippen MR) is 161 cm³/mol. The molecule has 2 atom stereocenters. The monoisotopic (exact) mass is 536 g/mol. The second-order valence-corrected chi connectivity index (χ2v) is 9.95. The molecule has 2 aromatic rings. The third-order valence-electron chi connectivity index (χ3n) is 6.71. The highest BCUT2D eigenvalue weighted by Gasteiger charge is 2.15. The number of H-pyrrole nitrogens is 1. The summed E-state index contributed by atoms with van der Waals surface area (Å²) in [4.78, 5) is 18.8. The molecule has 2 rings (SSSR count). The number of nitrogens with two attached hydrogens (primary N) is 2. The van der Waals surface area contributed by atoms with Gasteiger partial charge in [-0.3, -0.25) is 0 Å². The van der Waals surface area contributed by atoms with E-state index in [0.29, 0.717) is 30.3 Å². The lowest BCUT2D eigenvalue weighted by Crippen LogP contribution is -2.24. The van der Waals surface area contributed by atoms with Gasteiger partial charge in [-0.05, 0) is 48.8 Å². The number of aliphatic imine (C=N–C) groups is 1. The lowest BCUT2D eigenvalue weighted by atomic mass is 9.90. The third-order valence-corrected chi connectivity index (χ3v) is 6.71. The van der Waals surface area contributed by atoms with Crippen LogP contribution in [0, 0.1) is 5.92 Å². The van der Waals surface area contributed by atoms with Gasteiger partial charge in [0.2, 0.25) is 0 Å². The summed E-state index contributed by atoms with van der Waals surface area (Å²) >= 11 is 0. The minimum absolute atomic E-state index is 0.0815. The molecule has 0 aliphatic rings. The van der Waals surface area contributed by atoms with Crippen molar-refractivity contribution in [3.63, 3.8) is 0 Å². The summed E-state index contributed by atoms with van der Waals surface area (Å²) in [6.07, 6.45) is 19.3. The fraction of sp³-hybridized carbons (Fsp3) is 0.484. The molecule has 0 aliphatic carbocycles. The Kier molecular flexibility index (Phi) is 15.9. The Labute approximate surface area is 233 Å². The molecule has 1 aromatic heterocycles. The van der Waals surface area contributed by atoms with E-state index in [-0.39, 0.29) is 18.5 Å². The number of nitrogens with one attached hydrogen (secondary N) is 1. The standard InChI is InChI=1S/C31H46N5O3/c32-31(33)35-24-27(23-30(38)39)28(36-29-16-12-21-34-29)20-19-26(18-17-25-13-9-7-10-14-25)15-8-5-3-1-2-4-6-11-22-37/h7,9-10,12-14,16-18,21,23,26,28,34,37H,1-6,8,11,15,19-20,22,24H2,(H,38,39)(H4,32,33,35)/q-1. The Hall–Kier alpha value is -3.52. The van der Waals surface area contributed by atoms with Gasteiger partial charge in [-0.15, -0.1) is 0 Å². The van der Waals surface area contributed by atoms with Crippen LogP contribution in [-0.2, 0) is 4.79 Å². The Bertz CT molecular complexity index is 998. The molecule has 8 nitrogen and oxygen atoms in total. The van der Waals surface area contributed by atoms with Gasteiger partial charge in [0.1, 0.15) is 0 Å². The number of benzene rings is 1. The average Bonchev–Trinajstić information content (AvgIpc) is 3.44. The lowest BCUT2D eigenvalue weighted by molar-refractivity contribution is -0.131. The van der Waals surface area contributed by atoms with Crippen LogP contribution in [-0.4, -0.2) is 46.3 Å². The van der Waals surface area contributed by atoms with Crippen LogP contribution in [0.15, 0.2) is 71.4 Å². The van der Waals surface area contributed by atoms with Crippen molar-refractivity contribution in [1.29, 1.82) is 0 Å². The quantitative estimate of drug-likeness (QED) is 0.0550. The first-order valence-electron chi connectivity index (χ1n) is 14.1. The molecule has 2 unspecified atom stereocenters. The maximum Gasteiger partial charge on any atom is 0.328 e. The molecule has 0 amide bonds. The molecule has 1 heterocycles. The number of aromatic amines is 1. The van der Waals surface area contributed by atoms with E-state index in [1.165, 1.54) is 38.2 Å². The molecule has 0 aliphatic heterocycles. The Morgan fingerprint density at radius 1 is 0.923 bits per heavy atom. The van der Waals surface area contributed by atoms with Gasteiger partial charge < -0.3 is 32.0 Å². The summed E-state index contributed by atoms with van der Waals surface area (Å²) < 4.78 is 0. The fourth-order valence-corrected chi connectivity index (χ4v) is 4.59. The van der Waals surface area contributed by atoms with Crippen molar-refractivity contribution in [3.05, 3.63) is 77.3 Å². The number of aliphatic carboxylic acids is 1. The number of carboxylic acid groups (broad SMARTS) is 1. The summed E-state index contributed by atoms with van der Waals surface area (Å²) in [5.74, 6) is -0.0945. The van der Waals surface area contributed by atoms with Gasteiger partial charge in [0.25, 0.3) is 0 Å². The first-order chi connectivity index (χ1) is 19.0. The molecule has 0 bridgehead atoms.